The second kappa shape index (κ2) is 7.14. The van der Waals surface area contributed by atoms with E-state index in [1.54, 1.807) is 4.90 Å². The molecule has 0 spiro atoms. The number of hydrogen-bond acceptors (Lipinski definition) is 1. The average molecular weight is 370 g/mol. The van der Waals surface area contributed by atoms with Gasteiger partial charge in [-0.2, -0.15) is 0 Å². The Bertz CT molecular complexity index is 639. The first-order valence-electron chi connectivity index (χ1n) is 6.95. The Hall–Kier alpha value is -1.26. The van der Waals surface area contributed by atoms with Gasteiger partial charge in [-0.1, -0.05) is 29.8 Å². The van der Waals surface area contributed by atoms with E-state index < -0.39 is 0 Å². The Kier molecular flexibility index (Phi) is 5.48. The molecule has 21 heavy (non-hydrogen) atoms. The van der Waals surface area contributed by atoms with Crippen molar-refractivity contribution in [1.29, 1.82) is 0 Å². The van der Waals surface area contributed by atoms with Crippen molar-refractivity contribution >= 4 is 33.4 Å². The molecular weight excluding hydrogens is 352 g/mol. The number of benzene rings is 1. The highest BCUT2D eigenvalue weighted by Gasteiger charge is 2.19. The zero-order chi connectivity index (χ0) is 15.4. The number of aromatic nitrogens is 1. The molecule has 0 N–H and O–H groups in total. The smallest absolute Gasteiger partial charge is 0.270 e. The molecule has 112 valence electrons. The maximum atomic E-state index is 12.7. The number of aryl methyl sites for hydroxylation is 1. The quantitative estimate of drug-likeness (QED) is 0.757. The summed E-state index contributed by atoms with van der Waals surface area (Å²) >= 11 is 9.62. The van der Waals surface area contributed by atoms with Gasteiger partial charge in [0.1, 0.15) is 5.69 Å². The molecule has 0 aliphatic rings. The lowest BCUT2D eigenvalue weighted by atomic mass is 10.2. The van der Waals surface area contributed by atoms with Crippen LogP contribution in [0, 0.1) is 0 Å². The second-order valence-corrected chi connectivity index (χ2v) is 6.06. The summed E-state index contributed by atoms with van der Waals surface area (Å²) in [5.41, 5.74) is 1.65. The Balaban J connectivity index is 2.25. The van der Waals surface area contributed by atoms with Crippen LogP contribution in [0.2, 0.25) is 5.02 Å². The molecule has 1 aromatic heterocycles. The third-order valence-electron chi connectivity index (χ3n) is 3.41. The normalized spacial score (nSPS) is 10.7. The molecule has 2 aromatic rings. The Morgan fingerprint density at radius 3 is 2.67 bits per heavy atom. The van der Waals surface area contributed by atoms with Crippen molar-refractivity contribution in [3.63, 3.8) is 0 Å². The lowest BCUT2D eigenvalue weighted by molar-refractivity contribution is 0.0742. The molecule has 0 aliphatic heterocycles. The highest BCUT2D eigenvalue weighted by Crippen LogP contribution is 2.20. The highest BCUT2D eigenvalue weighted by atomic mass is 79.9. The predicted octanol–water partition coefficient (Wildman–Crippen LogP) is 4.59. The van der Waals surface area contributed by atoms with Crippen molar-refractivity contribution in [2.75, 3.05) is 6.54 Å². The number of carbonyl (C=O) groups is 1. The molecule has 0 radical (unpaired) electrons. The molecule has 0 atom stereocenters. The summed E-state index contributed by atoms with van der Waals surface area (Å²) in [5, 5.41) is 0.691. The van der Waals surface area contributed by atoms with Crippen LogP contribution in [0.3, 0.4) is 0 Å². The Morgan fingerprint density at radius 1 is 1.33 bits per heavy atom. The molecule has 0 saturated carbocycles. The van der Waals surface area contributed by atoms with E-state index in [0.29, 0.717) is 23.8 Å². The first-order chi connectivity index (χ1) is 10.1. The van der Waals surface area contributed by atoms with Gasteiger partial charge < -0.3 is 9.47 Å². The van der Waals surface area contributed by atoms with Crippen LogP contribution < -0.4 is 0 Å². The maximum Gasteiger partial charge on any atom is 0.270 e. The third kappa shape index (κ3) is 3.69. The van der Waals surface area contributed by atoms with E-state index in [2.05, 4.69) is 15.9 Å². The zero-order valence-electron chi connectivity index (χ0n) is 12.1. The summed E-state index contributed by atoms with van der Waals surface area (Å²) in [4.78, 5) is 14.5. The molecule has 5 heteroatoms. The monoisotopic (exact) mass is 368 g/mol. The van der Waals surface area contributed by atoms with Crippen molar-refractivity contribution in [2.24, 2.45) is 0 Å². The SMILES string of the molecule is CCN(Cc1ccccc1Cl)C(=O)c1cc(Br)cn1CC. The molecule has 0 saturated heterocycles. The number of halogens is 2. The van der Waals surface area contributed by atoms with E-state index in [4.69, 9.17) is 11.6 Å². The van der Waals surface area contributed by atoms with Crippen LogP contribution in [-0.2, 0) is 13.1 Å². The molecule has 1 heterocycles. The molecule has 0 unspecified atom stereocenters. The molecule has 0 aliphatic carbocycles. The minimum absolute atomic E-state index is 0.0185. The van der Waals surface area contributed by atoms with Gasteiger partial charge in [0.2, 0.25) is 0 Å². The standard InChI is InChI=1S/C16H18BrClN2O/c1-3-19-11-13(17)9-15(19)16(21)20(4-2)10-12-7-5-6-8-14(12)18/h5-9,11H,3-4,10H2,1-2H3. The van der Waals surface area contributed by atoms with Crippen molar-refractivity contribution in [1.82, 2.24) is 9.47 Å². The van der Waals surface area contributed by atoms with Crippen LogP contribution in [0.25, 0.3) is 0 Å². The number of nitrogens with zero attached hydrogens (tertiary/aromatic N) is 2. The van der Waals surface area contributed by atoms with Crippen molar-refractivity contribution in [2.45, 2.75) is 26.9 Å². The van der Waals surface area contributed by atoms with Gasteiger partial charge >= 0.3 is 0 Å². The molecule has 1 aromatic carbocycles. The Morgan fingerprint density at radius 2 is 2.05 bits per heavy atom. The first-order valence-corrected chi connectivity index (χ1v) is 8.12. The zero-order valence-corrected chi connectivity index (χ0v) is 14.5. The van der Waals surface area contributed by atoms with Gasteiger partial charge in [-0.3, -0.25) is 4.79 Å². The van der Waals surface area contributed by atoms with Gasteiger partial charge in [0.25, 0.3) is 5.91 Å². The molecular formula is C16H18BrClN2O. The summed E-state index contributed by atoms with van der Waals surface area (Å²) in [6.45, 7) is 5.91. The maximum absolute atomic E-state index is 12.7. The third-order valence-corrected chi connectivity index (χ3v) is 4.21. The van der Waals surface area contributed by atoms with Crippen LogP contribution in [0.1, 0.15) is 29.9 Å². The van der Waals surface area contributed by atoms with Crippen molar-refractivity contribution in [3.8, 4) is 0 Å². The molecule has 0 fully saturated rings. The summed E-state index contributed by atoms with van der Waals surface area (Å²) in [7, 11) is 0. The van der Waals surface area contributed by atoms with E-state index in [0.717, 1.165) is 16.6 Å². The van der Waals surface area contributed by atoms with Gasteiger partial charge in [0.15, 0.2) is 0 Å². The summed E-state index contributed by atoms with van der Waals surface area (Å²) in [6.07, 6.45) is 1.93. The fourth-order valence-electron chi connectivity index (χ4n) is 2.24. The number of rotatable bonds is 5. The minimum atomic E-state index is 0.0185. The topological polar surface area (TPSA) is 25.2 Å². The molecule has 0 bridgehead atoms. The lowest BCUT2D eigenvalue weighted by Crippen LogP contribution is -2.31. The summed E-state index contributed by atoms with van der Waals surface area (Å²) in [6, 6.07) is 9.49. The van der Waals surface area contributed by atoms with Crippen LogP contribution in [0.15, 0.2) is 41.0 Å². The number of hydrogen-bond donors (Lipinski definition) is 0. The summed E-state index contributed by atoms with van der Waals surface area (Å²) < 4.78 is 2.86. The van der Waals surface area contributed by atoms with Gasteiger partial charge in [-0.15, -0.1) is 0 Å². The Labute approximate surface area is 138 Å². The number of carbonyl (C=O) groups excluding carboxylic acids is 1. The minimum Gasteiger partial charge on any atom is -0.343 e. The van der Waals surface area contributed by atoms with Crippen molar-refractivity contribution in [3.05, 3.63) is 57.3 Å². The van der Waals surface area contributed by atoms with Gasteiger partial charge in [0.05, 0.1) is 0 Å². The van der Waals surface area contributed by atoms with E-state index in [-0.39, 0.29) is 5.91 Å². The largest absolute Gasteiger partial charge is 0.343 e. The molecule has 3 nitrogen and oxygen atoms in total. The van der Waals surface area contributed by atoms with Crippen LogP contribution >= 0.6 is 27.5 Å². The average Bonchev–Trinajstić information content (AvgIpc) is 2.87. The molecule has 1 amide bonds. The fourth-order valence-corrected chi connectivity index (χ4v) is 2.90. The molecule has 2 rings (SSSR count). The predicted molar refractivity (Wildman–Crippen MR) is 89.7 cm³/mol. The summed E-state index contributed by atoms with van der Waals surface area (Å²) in [5.74, 6) is 0.0185. The van der Waals surface area contributed by atoms with Gasteiger partial charge in [-0.25, -0.2) is 0 Å². The van der Waals surface area contributed by atoms with Gasteiger partial charge in [-0.05, 0) is 47.5 Å². The van der Waals surface area contributed by atoms with Crippen LogP contribution in [0.4, 0.5) is 0 Å². The fraction of sp³-hybridized carbons (Fsp3) is 0.312. The highest BCUT2D eigenvalue weighted by molar-refractivity contribution is 9.10. The van der Waals surface area contributed by atoms with E-state index in [1.807, 2.05) is 54.9 Å². The number of amides is 1. The van der Waals surface area contributed by atoms with Gasteiger partial charge in [0, 0.05) is 35.3 Å². The van der Waals surface area contributed by atoms with E-state index in [1.165, 1.54) is 0 Å². The van der Waals surface area contributed by atoms with Crippen LogP contribution in [-0.4, -0.2) is 21.9 Å². The lowest BCUT2D eigenvalue weighted by Gasteiger charge is -2.22. The van der Waals surface area contributed by atoms with E-state index >= 15 is 0 Å². The second-order valence-electron chi connectivity index (χ2n) is 4.74. The van der Waals surface area contributed by atoms with Crippen LogP contribution in [0.5, 0.6) is 0 Å². The first kappa shape index (κ1) is 16.1. The van der Waals surface area contributed by atoms with Crippen molar-refractivity contribution < 1.29 is 4.79 Å². The van der Waals surface area contributed by atoms with E-state index in [9.17, 15) is 4.79 Å².